The van der Waals surface area contributed by atoms with Gasteiger partial charge in [-0.25, -0.2) is 4.79 Å². The summed E-state index contributed by atoms with van der Waals surface area (Å²) in [5, 5.41) is 8.87. The number of carbonyl (C=O) groups is 1. The number of aliphatic hydroxyl groups excluding tert-OH is 1. The summed E-state index contributed by atoms with van der Waals surface area (Å²) in [6, 6.07) is 8.69. The minimum absolute atomic E-state index is 0.0354. The van der Waals surface area contributed by atoms with Crippen molar-refractivity contribution in [3.05, 3.63) is 35.9 Å². The molecule has 0 saturated carbocycles. The number of carbonyl (C=O) groups excluding carboxylic acids is 1. The Kier molecular flexibility index (Phi) is 3.46. The highest BCUT2D eigenvalue weighted by atomic mass is 16.5. The lowest BCUT2D eigenvalue weighted by atomic mass is 10.2. The number of ether oxygens (including phenoxy) is 1. The Bertz CT molecular complexity index is 267. The third-order valence-electron chi connectivity index (χ3n) is 1.47. The van der Waals surface area contributed by atoms with Crippen LogP contribution in [0.2, 0.25) is 0 Å². The largest absolute Gasteiger partial charge is 0.459 e. The first-order valence-electron chi connectivity index (χ1n) is 4.10. The van der Waals surface area contributed by atoms with Crippen molar-refractivity contribution >= 4 is 5.97 Å². The molecule has 1 N–H and O–H groups in total. The van der Waals surface area contributed by atoms with Gasteiger partial charge in [0.05, 0.1) is 11.7 Å². The van der Waals surface area contributed by atoms with Gasteiger partial charge in [0, 0.05) is 0 Å². The highest BCUT2D eigenvalue weighted by Crippen LogP contribution is 2.01. The number of esters is 1. The summed E-state index contributed by atoms with van der Waals surface area (Å²) in [7, 11) is 0. The Hall–Kier alpha value is -1.35. The summed E-state index contributed by atoms with van der Waals surface area (Å²) in [6.45, 7) is 1.60. The molecule has 0 aromatic heterocycles. The first-order valence-corrected chi connectivity index (χ1v) is 4.10. The first-order chi connectivity index (χ1) is 6.20. The number of hydrogen-bond acceptors (Lipinski definition) is 3. The average molecular weight is 180 g/mol. The smallest absolute Gasteiger partial charge is 0.338 e. The molecule has 3 nitrogen and oxygen atoms in total. The van der Waals surface area contributed by atoms with Crippen molar-refractivity contribution in [3.63, 3.8) is 0 Å². The topological polar surface area (TPSA) is 46.5 Å². The maximum absolute atomic E-state index is 11.2. The van der Waals surface area contributed by atoms with Gasteiger partial charge >= 0.3 is 5.97 Å². The Labute approximate surface area is 77.0 Å². The maximum atomic E-state index is 11.2. The fourth-order valence-corrected chi connectivity index (χ4v) is 0.854. The van der Waals surface area contributed by atoms with Crippen LogP contribution in [0.5, 0.6) is 0 Å². The van der Waals surface area contributed by atoms with E-state index < -0.39 is 12.1 Å². The molecule has 1 atom stereocenters. The highest BCUT2D eigenvalue weighted by molar-refractivity contribution is 5.89. The molecule has 0 aliphatic heterocycles. The SMILES string of the molecule is C[C@H](O)COC(=O)c1ccccc1. The van der Waals surface area contributed by atoms with Crippen molar-refractivity contribution in [3.8, 4) is 0 Å². The fourth-order valence-electron chi connectivity index (χ4n) is 0.854. The summed E-state index contributed by atoms with van der Waals surface area (Å²) in [4.78, 5) is 11.2. The van der Waals surface area contributed by atoms with E-state index in [1.54, 1.807) is 31.2 Å². The zero-order chi connectivity index (χ0) is 9.68. The van der Waals surface area contributed by atoms with Crippen LogP contribution in [0.4, 0.5) is 0 Å². The molecule has 0 unspecified atom stereocenters. The minimum atomic E-state index is -0.618. The molecule has 13 heavy (non-hydrogen) atoms. The van der Waals surface area contributed by atoms with Crippen molar-refractivity contribution in [1.29, 1.82) is 0 Å². The van der Waals surface area contributed by atoms with Gasteiger partial charge in [0.15, 0.2) is 0 Å². The van der Waals surface area contributed by atoms with Crippen molar-refractivity contribution in [1.82, 2.24) is 0 Å². The second-order valence-corrected chi connectivity index (χ2v) is 2.81. The third-order valence-corrected chi connectivity index (χ3v) is 1.47. The van der Waals surface area contributed by atoms with Crippen LogP contribution >= 0.6 is 0 Å². The first kappa shape index (κ1) is 9.74. The van der Waals surface area contributed by atoms with E-state index in [2.05, 4.69) is 0 Å². The van der Waals surface area contributed by atoms with Gasteiger partial charge in [-0.3, -0.25) is 0 Å². The van der Waals surface area contributed by atoms with E-state index in [1.165, 1.54) is 0 Å². The molecule has 0 heterocycles. The minimum Gasteiger partial charge on any atom is -0.459 e. The lowest BCUT2D eigenvalue weighted by Crippen LogP contribution is -2.15. The van der Waals surface area contributed by atoms with Gasteiger partial charge in [-0.2, -0.15) is 0 Å². The van der Waals surface area contributed by atoms with Crippen LogP contribution in [0.25, 0.3) is 0 Å². The van der Waals surface area contributed by atoms with Crippen LogP contribution < -0.4 is 0 Å². The van der Waals surface area contributed by atoms with Gasteiger partial charge in [-0.1, -0.05) is 18.2 Å². The van der Waals surface area contributed by atoms with Gasteiger partial charge in [-0.15, -0.1) is 0 Å². The molecule has 0 aliphatic carbocycles. The zero-order valence-corrected chi connectivity index (χ0v) is 7.43. The van der Waals surface area contributed by atoms with Crippen LogP contribution in [-0.2, 0) is 4.74 Å². The monoisotopic (exact) mass is 180 g/mol. The summed E-state index contributed by atoms with van der Waals surface area (Å²) in [6.07, 6.45) is -0.618. The number of hydrogen-bond donors (Lipinski definition) is 1. The molecule has 0 amide bonds. The molecule has 70 valence electrons. The van der Waals surface area contributed by atoms with Gasteiger partial charge in [0.2, 0.25) is 0 Å². The lowest BCUT2D eigenvalue weighted by Gasteiger charge is -2.05. The second-order valence-electron chi connectivity index (χ2n) is 2.81. The zero-order valence-electron chi connectivity index (χ0n) is 7.43. The summed E-state index contributed by atoms with van der Waals surface area (Å²) in [5.74, 6) is -0.401. The molecular weight excluding hydrogens is 168 g/mol. The van der Waals surface area contributed by atoms with Gasteiger partial charge in [0.25, 0.3) is 0 Å². The number of rotatable bonds is 3. The molecule has 0 aliphatic rings. The molecule has 0 radical (unpaired) electrons. The summed E-state index contributed by atoms with van der Waals surface area (Å²) < 4.78 is 4.80. The number of benzene rings is 1. The Balaban J connectivity index is 2.50. The average Bonchev–Trinajstić information content (AvgIpc) is 2.15. The van der Waals surface area contributed by atoms with E-state index in [9.17, 15) is 4.79 Å². The lowest BCUT2D eigenvalue weighted by molar-refractivity contribution is 0.0296. The molecule has 1 aromatic carbocycles. The van der Waals surface area contributed by atoms with E-state index in [1.807, 2.05) is 6.07 Å². The molecule has 1 aromatic rings. The predicted octanol–water partition coefficient (Wildman–Crippen LogP) is 1.22. The molecule has 0 bridgehead atoms. The van der Waals surface area contributed by atoms with E-state index in [0.717, 1.165) is 0 Å². The normalized spacial score (nSPS) is 12.2. The molecular formula is C10H12O3. The molecule has 0 spiro atoms. The molecule has 0 saturated heterocycles. The Morgan fingerprint density at radius 3 is 2.62 bits per heavy atom. The Morgan fingerprint density at radius 1 is 1.46 bits per heavy atom. The van der Waals surface area contributed by atoms with E-state index in [0.29, 0.717) is 5.56 Å². The fraction of sp³-hybridized carbons (Fsp3) is 0.300. The third kappa shape index (κ3) is 3.25. The van der Waals surface area contributed by atoms with E-state index in [-0.39, 0.29) is 6.61 Å². The second kappa shape index (κ2) is 4.62. The molecule has 3 heteroatoms. The van der Waals surface area contributed by atoms with Gasteiger partial charge < -0.3 is 9.84 Å². The summed E-state index contributed by atoms with van der Waals surface area (Å²) >= 11 is 0. The van der Waals surface area contributed by atoms with E-state index >= 15 is 0 Å². The van der Waals surface area contributed by atoms with Crippen molar-refractivity contribution in [2.75, 3.05) is 6.61 Å². The number of aliphatic hydroxyl groups is 1. The van der Waals surface area contributed by atoms with Crippen molar-refractivity contribution in [2.24, 2.45) is 0 Å². The van der Waals surface area contributed by atoms with Crippen LogP contribution in [-0.4, -0.2) is 23.8 Å². The maximum Gasteiger partial charge on any atom is 0.338 e. The Morgan fingerprint density at radius 2 is 2.08 bits per heavy atom. The predicted molar refractivity (Wildman–Crippen MR) is 48.4 cm³/mol. The van der Waals surface area contributed by atoms with Crippen molar-refractivity contribution < 1.29 is 14.6 Å². The summed E-state index contributed by atoms with van der Waals surface area (Å²) in [5.41, 5.74) is 0.503. The van der Waals surface area contributed by atoms with Crippen LogP contribution in [0.15, 0.2) is 30.3 Å². The molecule has 1 rings (SSSR count). The van der Waals surface area contributed by atoms with Gasteiger partial charge in [-0.05, 0) is 19.1 Å². The molecule has 0 fully saturated rings. The van der Waals surface area contributed by atoms with E-state index in [4.69, 9.17) is 9.84 Å². The van der Waals surface area contributed by atoms with Crippen LogP contribution in [0, 0.1) is 0 Å². The standard InChI is InChI=1S/C10H12O3/c1-8(11)7-13-10(12)9-5-3-2-4-6-9/h2-6,8,11H,7H2,1H3/t8-/m0/s1. The quantitative estimate of drug-likeness (QED) is 0.711. The van der Waals surface area contributed by atoms with Gasteiger partial charge in [0.1, 0.15) is 6.61 Å². The van der Waals surface area contributed by atoms with Crippen molar-refractivity contribution in [2.45, 2.75) is 13.0 Å². The highest BCUT2D eigenvalue weighted by Gasteiger charge is 2.06. The van der Waals surface area contributed by atoms with Crippen LogP contribution in [0.1, 0.15) is 17.3 Å². The van der Waals surface area contributed by atoms with Crippen LogP contribution in [0.3, 0.4) is 0 Å².